The van der Waals surface area contributed by atoms with Gasteiger partial charge in [0.25, 0.3) is 0 Å². The molecule has 6 nitrogen and oxygen atoms in total. The number of nitrogens with zero attached hydrogens (tertiary/aromatic N) is 4. The average molecular weight is 296 g/mol. The van der Waals surface area contributed by atoms with Crippen molar-refractivity contribution in [3.05, 3.63) is 22.0 Å². The van der Waals surface area contributed by atoms with Crippen molar-refractivity contribution in [2.75, 3.05) is 0 Å². The topological polar surface area (TPSA) is 88.9 Å². The Balaban J connectivity index is 2.19. The average Bonchev–Trinajstić information content (AvgIpc) is 2.64. The molecule has 0 radical (unpaired) electrons. The molecule has 1 N–H and O–H groups in total. The Kier molecular flexibility index (Phi) is 4.11. The number of carboxylic acid groups (broad SMARTS) is 1. The second-order valence-corrected chi connectivity index (χ2v) is 6.22. The predicted molar refractivity (Wildman–Crippen MR) is 71.6 cm³/mol. The molecule has 0 aliphatic heterocycles. The highest BCUT2D eigenvalue weighted by Gasteiger charge is 2.13. The second kappa shape index (κ2) is 5.62. The summed E-state index contributed by atoms with van der Waals surface area (Å²) in [6, 6.07) is 0. The largest absolute Gasteiger partial charge is 0.481 e. The fourth-order valence-corrected chi connectivity index (χ4v) is 3.38. The third-order valence-electron chi connectivity index (χ3n) is 2.44. The lowest BCUT2D eigenvalue weighted by molar-refractivity contribution is -0.136. The monoisotopic (exact) mass is 296 g/mol. The van der Waals surface area contributed by atoms with Gasteiger partial charge in [-0.2, -0.15) is 5.10 Å². The fourth-order valence-electron chi connectivity index (χ4n) is 1.30. The van der Waals surface area contributed by atoms with E-state index in [2.05, 4.69) is 20.2 Å². The van der Waals surface area contributed by atoms with Crippen LogP contribution in [0.15, 0.2) is 9.50 Å². The molecule has 0 aliphatic rings. The highest BCUT2D eigenvalue weighted by Crippen LogP contribution is 2.31. The Labute approximate surface area is 118 Å². The van der Waals surface area contributed by atoms with Crippen LogP contribution < -0.4 is 0 Å². The minimum atomic E-state index is -0.854. The van der Waals surface area contributed by atoms with E-state index < -0.39 is 5.97 Å². The molecule has 0 amide bonds. The molecule has 0 saturated carbocycles. The van der Waals surface area contributed by atoms with Gasteiger partial charge in [-0.15, -0.1) is 16.4 Å². The van der Waals surface area contributed by atoms with Crippen LogP contribution in [0, 0.1) is 20.8 Å². The maximum absolute atomic E-state index is 10.7. The number of aliphatic carboxylic acids is 1. The van der Waals surface area contributed by atoms with Crippen molar-refractivity contribution in [3.8, 4) is 0 Å². The zero-order chi connectivity index (χ0) is 14.0. The number of thiazole rings is 1. The molecule has 0 fully saturated rings. The molecule has 0 aromatic carbocycles. The molecular weight excluding hydrogens is 284 g/mol. The zero-order valence-corrected chi connectivity index (χ0v) is 12.3. The molecule has 2 aromatic heterocycles. The lowest BCUT2D eigenvalue weighted by Gasteiger charge is -1.98. The van der Waals surface area contributed by atoms with Gasteiger partial charge in [-0.05, 0) is 32.5 Å². The number of aryl methyl sites for hydroxylation is 3. The normalized spacial score (nSPS) is 10.7. The van der Waals surface area contributed by atoms with Gasteiger partial charge in [0, 0.05) is 4.88 Å². The van der Waals surface area contributed by atoms with Gasteiger partial charge in [-0.25, -0.2) is 9.97 Å². The van der Waals surface area contributed by atoms with Crippen molar-refractivity contribution in [3.63, 3.8) is 0 Å². The lowest BCUT2D eigenvalue weighted by atomic mass is 10.3. The Bertz CT molecular complexity index is 627. The van der Waals surface area contributed by atoms with E-state index in [1.54, 1.807) is 6.92 Å². The number of rotatable bonds is 4. The summed E-state index contributed by atoms with van der Waals surface area (Å²) < 4.78 is 0.735. The minimum absolute atomic E-state index is 0.00388. The van der Waals surface area contributed by atoms with Gasteiger partial charge >= 0.3 is 5.97 Å². The molecule has 100 valence electrons. The van der Waals surface area contributed by atoms with Crippen molar-refractivity contribution in [1.82, 2.24) is 20.2 Å². The fraction of sp³-hybridized carbons (Fsp3) is 0.364. The number of carbonyl (C=O) groups is 1. The van der Waals surface area contributed by atoms with E-state index in [1.807, 2.05) is 13.8 Å². The van der Waals surface area contributed by atoms with Gasteiger partial charge < -0.3 is 5.11 Å². The van der Waals surface area contributed by atoms with E-state index in [0.29, 0.717) is 5.16 Å². The first-order chi connectivity index (χ1) is 8.95. The summed E-state index contributed by atoms with van der Waals surface area (Å²) in [4.78, 5) is 20.1. The first-order valence-corrected chi connectivity index (χ1v) is 7.13. The van der Waals surface area contributed by atoms with Crippen LogP contribution in [0.5, 0.6) is 0 Å². The summed E-state index contributed by atoms with van der Waals surface area (Å²) >= 11 is 2.66. The van der Waals surface area contributed by atoms with Crippen LogP contribution in [-0.4, -0.2) is 31.2 Å². The molecule has 2 rings (SSSR count). The van der Waals surface area contributed by atoms with E-state index in [9.17, 15) is 4.79 Å². The van der Waals surface area contributed by atoms with Gasteiger partial charge in [0.1, 0.15) is 0 Å². The van der Waals surface area contributed by atoms with Crippen molar-refractivity contribution in [1.29, 1.82) is 0 Å². The van der Waals surface area contributed by atoms with Gasteiger partial charge in [-0.3, -0.25) is 4.79 Å². The van der Waals surface area contributed by atoms with Crippen LogP contribution in [0.1, 0.15) is 22.0 Å². The van der Waals surface area contributed by atoms with Gasteiger partial charge in [0.05, 0.1) is 23.5 Å². The predicted octanol–water partition coefficient (Wildman–Crippen LogP) is 2.03. The molecule has 0 aliphatic carbocycles. The highest BCUT2D eigenvalue weighted by molar-refractivity contribution is 8.00. The molecule has 8 heteroatoms. The smallest absolute Gasteiger partial charge is 0.308 e. The van der Waals surface area contributed by atoms with Crippen LogP contribution in [-0.2, 0) is 11.2 Å². The van der Waals surface area contributed by atoms with Crippen LogP contribution in [0.4, 0.5) is 0 Å². The number of hydrogen-bond donors (Lipinski definition) is 1. The highest BCUT2D eigenvalue weighted by atomic mass is 32.2. The zero-order valence-electron chi connectivity index (χ0n) is 10.7. The van der Waals surface area contributed by atoms with E-state index in [1.165, 1.54) is 23.1 Å². The maximum atomic E-state index is 10.7. The van der Waals surface area contributed by atoms with Crippen molar-refractivity contribution >= 4 is 29.1 Å². The Morgan fingerprint density at radius 3 is 2.53 bits per heavy atom. The number of carboxylic acids is 1. The number of aromatic nitrogens is 4. The number of hydrogen-bond acceptors (Lipinski definition) is 7. The quantitative estimate of drug-likeness (QED) is 0.923. The summed E-state index contributed by atoms with van der Waals surface area (Å²) in [5, 5.41) is 17.3. The van der Waals surface area contributed by atoms with E-state index in [0.717, 1.165) is 26.3 Å². The SMILES string of the molecule is Cc1nnc(Sc2nc(C)c(CC(=O)O)s2)nc1C. The van der Waals surface area contributed by atoms with Crippen LogP contribution >= 0.6 is 23.1 Å². The molecule has 0 saturated heterocycles. The molecule has 0 atom stereocenters. The van der Waals surface area contributed by atoms with Gasteiger partial charge in [-0.1, -0.05) is 0 Å². The second-order valence-electron chi connectivity index (χ2n) is 3.93. The van der Waals surface area contributed by atoms with Crippen LogP contribution in [0.2, 0.25) is 0 Å². The Morgan fingerprint density at radius 1 is 1.16 bits per heavy atom. The van der Waals surface area contributed by atoms with E-state index in [4.69, 9.17) is 5.11 Å². The van der Waals surface area contributed by atoms with Crippen molar-refractivity contribution in [2.45, 2.75) is 36.7 Å². The van der Waals surface area contributed by atoms with Crippen molar-refractivity contribution < 1.29 is 9.90 Å². The molecule has 19 heavy (non-hydrogen) atoms. The standard InChI is InChI=1S/C11H12N4O2S2/c1-5-6(2)14-15-10(12-5)19-11-13-7(3)8(18-11)4-9(16)17/h4H2,1-3H3,(H,16,17). The Hall–Kier alpha value is -1.54. The summed E-state index contributed by atoms with van der Waals surface area (Å²) in [5.41, 5.74) is 2.37. The van der Waals surface area contributed by atoms with E-state index in [-0.39, 0.29) is 6.42 Å². The summed E-state index contributed by atoms with van der Waals surface area (Å²) in [7, 11) is 0. The first-order valence-electron chi connectivity index (χ1n) is 5.49. The lowest BCUT2D eigenvalue weighted by Crippen LogP contribution is -1.99. The molecule has 0 bridgehead atoms. The van der Waals surface area contributed by atoms with Crippen molar-refractivity contribution in [2.24, 2.45) is 0 Å². The summed E-state index contributed by atoms with van der Waals surface area (Å²) in [6.07, 6.45) is -0.00388. The molecule has 0 spiro atoms. The van der Waals surface area contributed by atoms with Crippen LogP contribution in [0.25, 0.3) is 0 Å². The minimum Gasteiger partial charge on any atom is -0.481 e. The third-order valence-corrected chi connectivity index (χ3v) is 4.51. The van der Waals surface area contributed by atoms with Gasteiger partial charge in [0.2, 0.25) is 5.16 Å². The molecule has 0 unspecified atom stereocenters. The maximum Gasteiger partial charge on any atom is 0.308 e. The molecule has 2 heterocycles. The molecular formula is C11H12N4O2S2. The molecule has 2 aromatic rings. The van der Waals surface area contributed by atoms with E-state index >= 15 is 0 Å². The Morgan fingerprint density at radius 2 is 1.89 bits per heavy atom. The summed E-state index contributed by atoms with van der Waals surface area (Å²) in [6.45, 7) is 5.53. The first kappa shape index (κ1) is 13.9. The van der Waals surface area contributed by atoms with Gasteiger partial charge in [0.15, 0.2) is 4.34 Å². The third kappa shape index (κ3) is 3.48. The summed E-state index contributed by atoms with van der Waals surface area (Å²) in [5.74, 6) is -0.854. The van der Waals surface area contributed by atoms with Crippen LogP contribution in [0.3, 0.4) is 0 Å².